The Bertz CT molecular complexity index is 587. The van der Waals surface area contributed by atoms with Crippen LogP contribution in [-0.4, -0.2) is 20.5 Å². The second kappa shape index (κ2) is 3.22. The van der Waals surface area contributed by atoms with Crippen molar-refractivity contribution in [2.24, 2.45) is 0 Å². The van der Waals surface area contributed by atoms with Gasteiger partial charge in [-0.3, -0.25) is 4.40 Å². The molecule has 0 amide bonds. The van der Waals surface area contributed by atoms with Crippen molar-refractivity contribution in [2.45, 2.75) is 18.8 Å². The number of hydrogen-bond acceptors (Lipinski definition) is 2. The minimum Gasteiger partial charge on any atom is -0.477 e. The van der Waals surface area contributed by atoms with Crippen LogP contribution in [0.4, 0.5) is 0 Å². The van der Waals surface area contributed by atoms with Crippen LogP contribution < -0.4 is 0 Å². The van der Waals surface area contributed by atoms with Gasteiger partial charge in [0.2, 0.25) is 0 Å². The third kappa shape index (κ3) is 1.30. The molecular formula is C11H9ClN2O2. The van der Waals surface area contributed by atoms with Gasteiger partial charge in [0.15, 0.2) is 0 Å². The fourth-order valence-electron chi connectivity index (χ4n) is 1.86. The van der Waals surface area contributed by atoms with E-state index in [1.54, 1.807) is 12.1 Å². The molecule has 0 atom stereocenters. The third-order valence-electron chi connectivity index (χ3n) is 2.80. The lowest BCUT2D eigenvalue weighted by Gasteiger charge is -2.00. The summed E-state index contributed by atoms with van der Waals surface area (Å²) < 4.78 is 1.50. The average molecular weight is 237 g/mol. The maximum Gasteiger partial charge on any atom is 0.352 e. The molecule has 2 aromatic rings. The number of carbonyl (C=O) groups is 1. The van der Waals surface area contributed by atoms with E-state index in [-0.39, 0.29) is 5.69 Å². The molecular weight excluding hydrogens is 228 g/mol. The predicted molar refractivity (Wildman–Crippen MR) is 59.1 cm³/mol. The van der Waals surface area contributed by atoms with Crippen molar-refractivity contribution in [3.05, 3.63) is 34.7 Å². The van der Waals surface area contributed by atoms with Crippen LogP contribution in [0.2, 0.25) is 5.15 Å². The molecule has 2 heterocycles. The summed E-state index contributed by atoms with van der Waals surface area (Å²) >= 11 is 6.18. The first-order valence-corrected chi connectivity index (χ1v) is 5.46. The molecule has 16 heavy (non-hydrogen) atoms. The monoisotopic (exact) mass is 236 g/mol. The molecule has 0 spiro atoms. The maximum absolute atomic E-state index is 11.1. The van der Waals surface area contributed by atoms with Gasteiger partial charge in [0.25, 0.3) is 0 Å². The first kappa shape index (κ1) is 9.66. The number of fused-ring (bicyclic) bond motifs is 1. The number of aromatic nitrogens is 2. The van der Waals surface area contributed by atoms with Gasteiger partial charge in [-0.2, -0.15) is 0 Å². The zero-order chi connectivity index (χ0) is 11.3. The van der Waals surface area contributed by atoms with E-state index in [2.05, 4.69) is 4.98 Å². The fraction of sp³-hybridized carbons (Fsp3) is 0.273. The molecule has 1 aliphatic rings. The number of nitrogens with zero attached hydrogens (tertiary/aromatic N) is 2. The Morgan fingerprint density at radius 1 is 1.50 bits per heavy atom. The van der Waals surface area contributed by atoms with Gasteiger partial charge < -0.3 is 5.11 Å². The summed E-state index contributed by atoms with van der Waals surface area (Å²) in [6.45, 7) is 0. The van der Waals surface area contributed by atoms with E-state index >= 15 is 0 Å². The maximum atomic E-state index is 11.1. The van der Waals surface area contributed by atoms with Crippen LogP contribution in [0, 0.1) is 0 Å². The van der Waals surface area contributed by atoms with Crippen molar-refractivity contribution in [3.63, 3.8) is 0 Å². The van der Waals surface area contributed by atoms with Crippen LogP contribution in [0.25, 0.3) is 5.65 Å². The fourth-order valence-corrected chi connectivity index (χ4v) is 2.23. The number of imidazole rings is 1. The summed E-state index contributed by atoms with van der Waals surface area (Å²) in [5.74, 6) is -0.582. The molecule has 0 unspecified atom stereocenters. The molecule has 82 valence electrons. The topological polar surface area (TPSA) is 54.6 Å². The van der Waals surface area contributed by atoms with Crippen LogP contribution >= 0.6 is 11.6 Å². The summed E-state index contributed by atoms with van der Waals surface area (Å²) in [4.78, 5) is 15.4. The van der Waals surface area contributed by atoms with Crippen LogP contribution in [0.3, 0.4) is 0 Å². The largest absolute Gasteiger partial charge is 0.477 e. The lowest BCUT2D eigenvalue weighted by molar-refractivity contribution is 0.0689. The Morgan fingerprint density at radius 2 is 2.25 bits per heavy atom. The van der Waals surface area contributed by atoms with Crippen molar-refractivity contribution in [2.75, 3.05) is 0 Å². The highest BCUT2D eigenvalue weighted by molar-refractivity contribution is 6.30. The van der Waals surface area contributed by atoms with Gasteiger partial charge in [0.1, 0.15) is 16.5 Å². The van der Waals surface area contributed by atoms with Crippen molar-refractivity contribution in [3.8, 4) is 0 Å². The lowest BCUT2D eigenvalue weighted by Crippen LogP contribution is -2.04. The van der Waals surface area contributed by atoms with E-state index in [1.165, 1.54) is 10.5 Å². The molecule has 5 heteroatoms. The summed E-state index contributed by atoms with van der Waals surface area (Å²) in [7, 11) is 0. The van der Waals surface area contributed by atoms with E-state index in [9.17, 15) is 4.79 Å². The van der Waals surface area contributed by atoms with Crippen molar-refractivity contribution in [1.29, 1.82) is 0 Å². The quantitative estimate of drug-likeness (QED) is 0.872. The average Bonchev–Trinajstić information content (AvgIpc) is 3.04. The van der Waals surface area contributed by atoms with Gasteiger partial charge in [-0.15, -0.1) is 0 Å². The SMILES string of the molecule is O=C(O)c1cccc2nc(C3CC3)c(Cl)n12. The van der Waals surface area contributed by atoms with Gasteiger partial charge in [-0.1, -0.05) is 17.7 Å². The Balaban J connectivity index is 2.33. The van der Waals surface area contributed by atoms with Crippen LogP contribution in [0.1, 0.15) is 34.9 Å². The number of aromatic carboxylic acids is 1. The first-order chi connectivity index (χ1) is 7.68. The van der Waals surface area contributed by atoms with Crippen LogP contribution in [0.15, 0.2) is 18.2 Å². The number of pyridine rings is 1. The molecule has 0 bridgehead atoms. The molecule has 0 radical (unpaired) electrons. The number of carboxylic acids is 1. The highest BCUT2D eigenvalue weighted by Crippen LogP contribution is 2.43. The number of rotatable bonds is 2. The zero-order valence-electron chi connectivity index (χ0n) is 8.35. The van der Waals surface area contributed by atoms with E-state index in [4.69, 9.17) is 16.7 Å². The molecule has 1 fully saturated rings. The molecule has 4 nitrogen and oxygen atoms in total. The Hall–Kier alpha value is -1.55. The second-order valence-corrected chi connectivity index (χ2v) is 4.33. The highest BCUT2D eigenvalue weighted by atomic mass is 35.5. The Labute approximate surface area is 96.5 Å². The van der Waals surface area contributed by atoms with Gasteiger partial charge in [0, 0.05) is 5.92 Å². The molecule has 1 N–H and O–H groups in total. The summed E-state index contributed by atoms with van der Waals surface area (Å²) in [6.07, 6.45) is 2.18. The van der Waals surface area contributed by atoms with E-state index in [0.717, 1.165) is 18.5 Å². The van der Waals surface area contributed by atoms with E-state index < -0.39 is 5.97 Å². The smallest absolute Gasteiger partial charge is 0.352 e. The lowest BCUT2D eigenvalue weighted by atomic mass is 10.3. The summed E-state index contributed by atoms with van der Waals surface area (Å²) in [5.41, 5.74) is 1.59. The first-order valence-electron chi connectivity index (χ1n) is 5.08. The van der Waals surface area contributed by atoms with Crippen molar-refractivity contribution >= 4 is 23.2 Å². The van der Waals surface area contributed by atoms with Crippen LogP contribution in [-0.2, 0) is 0 Å². The van der Waals surface area contributed by atoms with Crippen molar-refractivity contribution < 1.29 is 9.90 Å². The molecule has 3 rings (SSSR count). The predicted octanol–water partition coefficient (Wildman–Crippen LogP) is 2.56. The van der Waals surface area contributed by atoms with Gasteiger partial charge in [0.05, 0.1) is 5.69 Å². The number of halogens is 1. The number of hydrogen-bond donors (Lipinski definition) is 1. The van der Waals surface area contributed by atoms with Gasteiger partial charge in [-0.25, -0.2) is 9.78 Å². The van der Waals surface area contributed by atoms with Crippen LogP contribution in [0.5, 0.6) is 0 Å². The molecule has 2 aromatic heterocycles. The Kier molecular flexibility index (Phi) is 1.94. The van der Waals surface area contributed by atoms with Gasteiger partial charge in [-0.05, 0) is 25.0 Å². The normalized spacial score (nSPS) is 15.6. The molecule has 1 saturated carbocycles. The van der Waals surface area contributed by atoms with Crippen molar-refractivity contribution in [1.82, 2.24) is 9.38 Å². The molecule has 1 aliphatic carbocycles. The number of carboxylic acid groups (broad SMARTS) is 1. The highest BCUT2D eigenvalue weighted by Gasteiger charge is 2.30. The standard InChI is InChI=1S/C11H9ClN2O2/c12-10-9(6-4-5-6)13-8-3-1-2-7(11(15)16)14(8)10/h1-3,6H,4-5H2,(H,15,16). The summed E-state index contributed by atoms with van der Waals surface area (Å²) in [6, 6.07) is 4.97. The Morgan fingerprint density at radius 3 is 2.88 bits per heavy atom. The summed E-state index contributed by atoms with van der Waals surface area (Å²) in [5, 5.41) is 9.50. The molecule has 0 saturated heterocycles. The molecule has 0 aliphatic heterocycles. The third-order valence-corrected chi connectivity index (χ3v) is 3.16. The zero-order valence-corrected chi connectivity index (χ0v) is 9.11. The minimum absolute atomic E-state index is 0.155. The van der Waals surface area contributed by atoms with Gasteiger partial charge >= 0.3 is 5.97 Å². The second-order valence-electron chi connectivity index (χ2n) is 3.97. The van der Waals surface area contributed by atoms with E-state index in [0.29, 0.717) is 16.7 Å². The minimum atomic E-state index is -0.993. The molecule has 0 aromatic carbocycles. The van der Waals surface area contributed by atoms with E-state index in [1.807, 2.05) is 0 Å².